The van der Waals surface area contributed by atoms with E-state index in [1.165, 1.54) is 13.0 Å². The van der Waals surface area contributed by atoms with Gasteiger partial charge < -0.3 is 4.74 Å². The topological polar surface area (TPSA) is 50.7 Å². The SMILES string of the molecule is C/C(=N/NC(=O)COc1ccc(Br)cc1)c1ccc(F)cc1F. The van der Waals surface area contributed by atoms with Crippen LogP contribution in [0.5, 0.6) is 5.75 Å². The van der Waals surface area contributed by atoms with Gasteiger partial charge in [0.05, 0.1) is 5.71 Å². The highest BCUT2D eigenvalue weighted by atomic mass is 79.9. The van der Waals surface area contributed by atoms with E-state index in [-0.39, 0.29) is 17.9 Å². The average molecular weight is 383 g/mol. The molecule has 1 N–H and O–H groups in total. The van der Waals surface area contributed by atoms with E-state index in [4.69, 9.17) is 4.74 Å². The fraction of sp³-hybridized carbons (Fsp3) is 0.125. The molecule has 2 aromatic rings. The van der Waals surface area contributed by atoms with E-state index >= 15 is 0 Å². The number of hydrogen-bond acceptors (Lipinski definition) is 3. The summed E-state index contributed by atoms with van der Waals surface area (Å²) < 4.78 is 32.6. The Morgan fingerprint density at radius 1 is 1.22 bits per heavy atom. The Hall–Kier alpha value is -2.28. The lowest BCUT2D eigenvalue weighted by Gasteiger charge is -2.06. The molecule has 7 heteroatoms. The predicted octanol–water partition coefficient (Wildman–Crippen LogP) is 3.65. The van der Waals surface area contributed by atoms with Crippen LogP contribution in [0.25, 0.3) is 0 Å². The maximum Gasteiger partial charge on any atom is 0.277 e. The number of amides is 1. The van der Waals surface area contributed by atoms with Crippen LogP contribution in [-0.2, 0) is 4.79 Å². The number of benzene rings is 2. The van der Waals surface area contributed by atoms with Gasteiger partial charge in [0.15, 0.2) is 6.61 Å². The first kappa shape index (κ1) is 17.1. The van der Waals surface area contributed by atoms with Gasteiger partial charge in [-0.15, -0.1) is 0 Å². The summed E-state index contributed by atoms with van der Waals surface area (Å²) in [6.45, 7) is 1.27. The number of rotatable bonds is 5. The summed E-state index contributed by atoms with van der Waals surface area (Å²) in [6.07, 6.45) is 0. The monoisotopic (exact) mass is 382 g/mol. The largest absolute Gasteiger partial charge is 0.484 e. The lowest BCUT2D eigenvalue weighted by atomic mass is 10.1. The Labute approximate surface area is 140 Å². The first-order valence-corrected chi connectivity index (χ1v) is 7.42. The van der Waals surface area contributed by atoms with Crippen molar-refractivity contribution in [2.75, 3.05) is 6.61 Å². The van der Waals surface area contributed by atoms with E-state index in [0.29, 0.717) is 5.75 Å². The molecule has 0 bridgehead atoms. The van der Waals surface area contributed by atoms with Crippen LogP contribution in [0, 0.1) is 11.6 Å². The molecule has 2 aromatic carbocycles. The third kappa shape index (κ3) is 5.14. The standard InChI is InChI=1S/C16H13BrF2N2O2/c1-10(14-7-4-12(18)8-15(14)19)20-21-16(22)9-23-13-5-2-11(17)3-6-13/h2-8H,9H2,1H3,(H,21,22)/b20-10-. The second-order valence-corrected chi connectivity index (χ2v) is 5.51. The molecule has 0 spiro atoms. The Bertz CT molecular complexity index is 733. The highest BCUT2D eigenvalue weighted by Gasteiger charge is 2.08. The lowest BCUT2D eigenvalue weighted by Crippen LogP contribution is -2.25. The van der Waals surface area contributed by atoms with E-state index in [1.54, 1.807) is 24.3 Å². The molecule has 0 saturated carbocycles. The van der Waals surface area contributed by atoms with Crippen LogP contribution < -0.4 is 10.2 Å². The maximum atomic E-state index is 13.6. The number of ether oxygens (including phenoxy) is 1. The van der Waals surface area contributed by atoms with Crippen molar-refractivity contribution in [2.45, 2.75) is 6.92 Å². The van der Waals surface area contributed by atoms with E-state index in [1.807, 2.05) is 0 Å². The van der Waals surface area contributed by atoms with Crippen LogP contribution in [0.4, 0.5) is 8.78 Å². The van der Waals surface area contributed by atoms with Gasteiger partial charge in [0.25, 0.3) is 5.91 Å². The number of carbonyl (C=O) groups excluding carboxylic acids is 1. The highest BCUT2D eigenvalue weighted by molar-refractivity contribution is 9.10. The minimum absolute atomic E-state index is 0.112. The fourth-order valence-corrected chi connectivity index (χ4v) is 1.97. The van der Waals surface area contributed by atoms with E-state index in [2.05, 4.69) is 26.5 Å². The average Bonchev–Trinajstić information content (AvgIpc) is 2.52. The normalized spacial score (nSPS) is 11.2. The van der Waals surface area contributed by atoms with Gasteiger partial charge in [-0.05, 0) is 43.3 Å². The van der Waals surface area contributed by atoms with Crippen LogP contribution >= 0.6 is 15.9 Å². The van der Waals surface area contributed by atoms with Crippen molar-refractivity contribution in [2.24, 2.45) is 5.10 Å². The van der Waals surface area contributed by atoms with Gasteiger partial charge in [-0.1, -0.05) is 15.9 Å². The van der Waals surface area contributed by atoms with E-state index in [0.717, 1.165) is 16.6 Å². The molecule has 0 atom stereocenters. The summed E-state index contributed by atoms with van der Waals surface area (Å²) in [5.74, 6) is -1.37. The van der Waals surface area contributed by atoms with Crippen molar-refractivity contribution in [1.82, 2.24) is 5.43 Å². The molecule has 0 aliphatic rings. The van der Waals surface area contributed by atoms with Crippen LogP contribution in [-0.4, -0.2) is 18.2 Å². The van der Waals surface area contributed by atoms with Crippen LogP contribution in [0.1, 0.15) is 12.5 Å². The zero-order valence-electron chi connectivity index (χ0n) is 12.1. The summed E-state index contributed by atoms with van der Waals surface area (Å²) in [7, 11) is 0. The van der Waals surface area contributed by atoms with Gasteiger partial charge >= 0.3 is 0 Å². The summed E-state index contributed by atoms with van der Waals surface area (Å²) in [5, 5.41) is 3.78. The van der Waals surface area contributed by atoms with Crippen LogP contribution in [0.15, 0.2) is 52.0 Å². The summed E-state index contributed by atoms with van der Waals surface area (Å²) in [6, 6.07) is 10.1. The second kappa shape index (κ2) is 7.82. The molecule has 0 saturated heterocycles. The molecule has 0 radical (unpaired) electrons. The molecular weight excluding hydrogens is 370 g/mol. The van der Waals surface area contributed by atoms with Gasteiger partial charge in [-0.2, -0.15) is 5.10 Å². The predicted molar refractivity (Wildman–Crippen MR) is 86.3 cm³/mol. The Morgan fingerprint density at radius 2 is 1.91 bits per heavy atom. The number of nitrogens with one attached hydrogen (secondary N) is 1. The molecule has 2 rings (SSSR count). The molecule has 0 heterocycles. The third-order valence-electron chi connectivity index (χ3n) is 2.85. The minimum Gasteiger partial charge on any atom is -0.484 e. The van der Waals surface area contributed by atoms with Crippen molar-refractivity contribution in [1.29, 1.82) is 0 Å². The molecule has 23 heavy (non-hydrogen) atoms. The first-order chi connectivity index (χ1) is 11.0. The fourth-order valence-electron chi connectivity index (χ4n) is 1.70. The van der Waals surface area contributed by atoms with Crippen molar-refractivity contribution in [3.8, 4) is 5.75 Å². The molecule has 1 amide bonds. The summed E-state index contributed by atoms with van der Waals surface area (Å²) in [5.41, 5.74) is 2.59. The second-order valence-electron chi connectivity index (χ2n) is 4.60. The Kier molecular flexibility index (Phi) is 5.81. The molecular formula is C16H13BrF2N2O2. The van der Waals surface area contributed by atoms with Crippen molar-refractivity contribution < 1.29 is 18.3 Å². The maximum absolute atomic E-state index is 13.6. The van der Waals surface area contributed by atoms with Crippen LogP contribution in [0.3, 0.4) is 0 Å². The molecule has 0 aromatic heterocycles. The molecule has 0 fully saturated rings. The highest BCUT2D eigenvalue weighted by Crippen LogP contribution is 2.15. The van der Waals surface area contributed by atoms with Crippen molar-refractivity contribution in [3.63, 3.8) is 0 Å². The number of halogens is 3. The van der Waals surface area contributed by atoms with Crippen LogP contribution in [0.2, 0.25) is 0 Å². The van der Waals surface area contributed by atoms with Gasteiger partial charge in [-0.3, -0.25) is 4.79 Å². The molecule has 4 nitrogen and oxygen atoms in total. The minimum atomic E-state index is -0.744. The molecule has 0 unspecified atom stereocenters. The lowest BCUT2D eigenvalue weighted by molar-refractivity contribution is -0.123. The molecule has 0 aliphatic heterocycles. The van der Waals surface area contributed by atoms with E-state index in [9.17, 15) is 13.6 Å². The smallest absolute Gasteiger partial charge is 0.277 e. The number of hydrogen-bond donors (Lipinski definition) is 1. The van der Waals surface area contributed by atoms with Gasteiger partial charge in [0.1, 0.15) is 17.4 Å². The number of nitrogens with zero attached hydrogens (tertiary/aromatic N) is 1. The summed E-state index contributed by atoms with van der Waals surface area (Å²) in [4.78, 5) is 11.7. The zero-order chi connectivity index (χ0) is 16.8. The third-order valence-corrected chi connectivity index (χ3v) is 3.38. The van der Waals surface area contributed by atoms with Crippen molar-refractivity contribution >= 4 is 27.5 Å². The number of carbonyl (C=O) groups is 1. The Morgan fingerprint density at radius 3 is 2.57 bits per heavy atom. The summed E-state index contributed by atoms with van der Waals surface area (Å²) >= 11 is 3.29. The first-order valence-electron chi connectivity index (χ1n) is 6.62. The Balaban J connectivity index is 1.90. The van der Waals surface area contributed by atoms with Gasteiger partial charge in [0.2, 0.25) is 0 Å². The van der Waals surface area contributed by atoms with Crippen molar-refractivity contribution in [3.05, 3.63) is 64.1 Å². The number of hydrazone groups is 1. The molecule has 0 aliphatic carbocycles. The van der Waals surface area contributed by atoms with Gasteiger partial charge in [0, 0.05) is 16.1 Å². The zero-order valence-corrected chi connectivity index (χ0v) is 13.7. The molecule has 120 valence electrons. The quantitative estimate of drug-likeness (QED) is 0.633. The van der Waals surface area contributed by atoms with E-state index < -0.39 is 17.5 Å². The van der Waals surface area contributed by atoms with Gasteiger partial charge in [-0.25, -0.2) is 14.2 Å².